The summed E-state index contributed by atoms with van der Waals surface area (Å²) >= 11 is 0. The van der Waals surface area contributed by atoms with E-state index in [-0.39, 0.29) is 11.8 Å². The van der Waals surface area contributed by atoms with Gasteiger partial charge in [-0.25, -0.2) is 0 Å². The number of hydrogen-bond acceptors (Lipinski definition) is 3. The van der Waals surface area contributed by atoms with E-state index >= 15 is 0 Å². The number of benzene rings is 3. The summed E-state index contributed by atoms with van der Waals surface area (Å²) < 4.78 is 5.24. The first-order chi connectivity index (χ1) is 15.1. The molecule has 0 bridgehead atoms. The number of para-hydroxylation sites is 1. The number of nitrogens with one attached hydrogen (secondary N) is 1. The average Bonchev–Trinajstić information content (AvgIpc) is 3.02. The molecule has 5 heteroatoms. The van der Waals surface area contributed by atoms with E-state index in [2.05, 4.69) is 5.32 Å². The molecule has 1 aliphatic heterocycles. The smallest absolute Gasteiger partial charge is 0.246 e. The molecule has 0 saturated heterocycles. The van der Waals surface area contributed by atoms with Crippen LogP contribution in [-0.2, 0) is 26.3 Å². The van der Waals surface area contributed by atoms with E-state index in [0.29, 0.717) is 12.2 Å². The van der Waals surface area contributed by atoms with Crippen molar-refractivity contribution in [2.45, 2.75) is 18.9 Å². The van der Waals surface area contributed by atoms with E-state index in [4.69, 9.17) is 4.74 Å². The van der Waals surface area contributed by atoms with E-state index in [1.807, 2.05) is 89.8 Å². The number of methoxy groups -OCH3 is 1. The molecular weight excluding hydrogens is 388 g/mol. The molecule has 1 heterocycles. The van der Waals surface area contributed by atoms with Crippen LogP contribution >= 0.6 is 0 Å². The van der Waals surface area contributed by atoms with Gasteiger partial charge < -0.3 is 15.0 Å². The molecule has 0 radical (unpaired) electrons. The molecule has 0 fully saturated rings. The van der Waals surface area contributed by atoms with Crippen LogP contribution in [-0.4, -0.2) is 18.9 Å². The predicted molar refractivity (Wildman–Crippen MR) is 122 cm³/mol. The fourth-order valence-corrected chi connectivity index (χ4v) is 4.13. The van der Waals surface area contributed by atoms with Crippen LogP contribution in [0.15, 0.2) is 91.2 Å². The second kappa shape index (κ2) is 8.48. The minimum atomic E-state index is -1.02. The monoisotopic (exact) mass is 412 g/mol. The Morgan fingerprint density at radius 2 is 1.68 bits per heavy atom. The third-order valence-corrected chi connectivity index (χ3v) is 5.50. The second-order valence-corrected chi connectivity index (χ2v) is 7.50. The van der Waals surface area contributed by atoms with Crippen molar-refractivity contribution in [3.05, 3.63) is 108 Å². The lowest BCUT2D eigenvalue weighted by Gasteiger charge is -2.26. The summed E-state index contributed by atoms with van der Waals surface area (Å²) in [6.07, 6.45) is 3.37. The van der Waals surface area contributed by atoms with Crippen LogP contribution < -0.4 is 10.2 Å². The van der Waals surface area contributed by atoms with Gasteiger partial charge in [0.15, 0.2) is 0 Å². The van der Waals surface area contributed by atoms with Gasteiger partial charge in [0.25, 0.3) is 0 Å². The predicted octanol–water partition coefficient (Wildman–Crippen LogP) is 4.64. The fraction of sp³-hybridized carbons (Fsp3) is 0.154. The zero-order valence-electron chi connectivity index (χ0n) is 17.5. The maximum atomic E-state index is 14.0. The minimum absolute atomic E-state index is 0.0434. The Hall–Kier alpha value is -3.86. The lowest BCUT2D eigenvalue weighted by Crippen LogP contribution is -2.39. The van der Waals surface area contributed by atoms with Crippen LogP contribution in [0.4, 0.5) is 11.4 Å². The van der Waals surface area contributed by atoms with Crippen LogP contribution in [0.5, 0.6) is 0 Å². The third kappa shape index (κ3) is 3.70. The molecule has 0 saturated carbocycles. The number of carbonyl (C=O) groups is 2. The molecule has 5 nitrogen and oxygen atoms in total. The van der Waals surface area contributed by atoms with E-state index < -0.39 is 5.41 Å². The molecule has 31 heavy (non-hydrogen) atoms. The molecule has 1 atom stereocenters. The number of amides is 2. The zero-order chi connectivity index (χ0) is 21.8. The first-order valence-corrected chi connectivity index (χ1v) is 10.1. The standard InChI is InChI=1S/C26H24N2O3/c1-19(29)27-22-14-12-21(13-15-22)26(16-17-31-2)23-10-6-7-11-24(23)28(25(26)30)18-20-8-4-3-5-9-20/h3-17H,18H2,1-2H3,(H,27,29)/b17-16+/t26-/m0/s1. The third-order valence-electron chi connectivity index (χ3n) is 5.50. The van der Waals surface area contributed by atoms with Crippen LogP contribution in [0.1, 0.15) is 23.6 Å². The Balaban J connectivity index is 1.84. The highest BCUT2D eigenvalue weighted by Crippen LogP contribution is 2.48. The summed E-state index contributed by atoms with van der Waals surface area (Å²) in [6, 6.07) is 25.2. The lowest BCUT2D eigenvalue weighted by atomic mass is 9.75. The summed E-state index contributed by atoms with van der Waals surface area (Å²) in [7, 11) is 1.57. The van der Waals surface area contributed by atoms with E-state index in [9.17, 15) is 9.59 Å². The first-order valence-electron chi connectivity index (χ1n) is 10.1. The fourth-order valence-electron chi connectivity index (χ4n) is 4.13. The van der Waals surface area contributed by atoms with Crippen molar-refractivity contribution in [2.75, 3.05) is 17.3 Å². The van der Waals surface area contributed by atoms with Crippen LogP contribution in [0.25, 0.3) is 0 Å². The van der Waals surface area contributed by atoms with Crippen LogP contribution in [0.3, 0.4) is 0 Å². The summed E-state index contributed by atoms with van der Waals surface area (Å²) in [4.78, 5) is 27.2. The van der Waals surface area contributed by atoms with Gasteiger partial charge in [-0.2, -0.15) is 0 Å². The molecule has 156 valence electrons. The zero-order valence-corrected chi connectivity index (χ0v) is 17.5. The number of hydrogen-bond donors (Lipinski definition) is 1. The molecule has 1 N–H and O–H groups in total. The molecule has 1 aliphatic rings. The molecule has 0 unspecified atom stereocenters. The number of ether oxygens (including phenoxy) is 1. The Morgan fingerprint density at radius 1 is 1.00 bits per heavy atom. The van der Waals surface area contributed by atoms with Crippen molar-refractivity contribution < 1.29 is 14.3 Å². The number of nitrogens with zero attached hydrogens (tertiary/aromatic N) is 1. The van der Waals surface area contributed by atoms with Crippen molar-refractivity contribution in [1.82, 2.24) is 0 Å². The summed E-state index contributed by atoms with van der Waals surface area (Å²) in [6.45, 7) is 1.94. The Labute approximate surface area is 182 Å². The van der Waals surface area contributed by atoms with E-state index in [1.165, 1.54) is 6.92 Å². The summed E-state index contributed by atoms with van der Waals surface area (Å²) in [5.41, 5.74) is 3.30. The number of rotatable bonds is 6. The van der Waals surface area contributed by atoms with Crippen molar-refractivity contribution in [3.8, 4) is 0 Å². The van der Waals surface area contributed by atoms with Crippen LogP contribution in [0.2, 0.25) is 0 Å². The molecule has 0 aliphatic carbocycles. The van der Waals surface area contributed by atoms with Crippen molar-refractivity contribution in [2.24, 2.45) is 0 Å². The Kier molecular flexibility index (Phi) is 5.58. The quantitative estimate of drug-likeness (QED) is 0.600. The molecule has 0 spiro atoms. The molecule has 4 rings (SSSR count). The van der Waals surface area contributed by atoms with E-state index in [0.717, 1.165) is 22.4 Å². The molecule has 0 aromatic heterocycles. The summed E-state index contributed by atoms with van der Waals surface area (Å²) in [5, 5.41) is 2.77. The van der Waals surface area contributed by atoms with Gasteiger partial charge in [0, 0.05) is 18.3 Å². The molecular formula is C26H24N2O3. The van der Waals surface area contributed by atoms with Crippen molar-refractivity contribution in [3.63, 3.8) is 0 Å². The number of fused-ring (bicyclic) bond motifs is 1. The van der Waals surface area contributed by atoms with Gasteiger partial charge in [-0.15, -0.1) is 0 Å². The van der Waals surface area contributed by atoms with Crippen molar-refractivity contribution in [1.29, 1.82) is 0 Å². The van der Waals surface area contributed by atoms with Crippen LogP contribution in [0, 0.1) is 0 Å². The maximum absolute atomic E-state index is 14.0. The minimum Gasteiger partial charge on any atom is -0.505 e. The highest BCUT2D eigenvalue weighted by atomic mass is 16.5. The average molecular weight is 412 g/mol. The van der Waals surface area contributed by atoms with Gasteiger partial charge in [-0.1, -0.05) is 60.7 Å². The highest BCUT2D eigenvalue weighted by molar-refractivity contribution is 6.12. The van der Waals surface area contributed by atoms with Gasteiger partial charge in [-0.3, -0.25) is 9.59 Å². The van der Waals surface area contributed by atoms with Gasteiger partial charge in [0.05, 0.1) is 19.9 Å². The Bertz CT molecular complexity index is 1120. The number of anilines is 2. The molecule has 3 aromatic carbocycles. The largest absolute Gasteiger partial charge is 0.505 e. The first kappa shape index (κ1) is 20.4. The Morgan fingerprint density at radius 3 is 2.35 bits per heavy atom. The number of carbonyl (C=O) groups excluding carboxylic acids is 2. The summed E-state index contributed by atoms with van der Waals surface area (Å²) in [5.74, 6) is -0.184. The van der Waals surface area contributed by atoms with Gasteiger partial charge >= 0.3 is 0 Å². The van der Waals surface area contributed by atoms with Gasteiger partial charge in [0.2, 0.25) is 11.8 Å². The normalized spacial score (nSPS) is 17.6. The lowest BCUT2D eigenvalue weighted by molar-refractivity contribution is -0.120. The highest BCUT2D eigenvalue weighted by Gasteiger charge is 2.50. The SMILES string of the molecule is CO/C=C/[C@@]1(c2ccc(NC(C)=O)cc2)C(=O)N(Cc2ccccc2)c2ccccc21. The van der Waals surface area contributed by atoms with Gasteiger partial charge in [-0.05, 0) is 41.0 Å². The molecule has 2 amide bonds. The van der Waals surface area contributed by atoms with E-state index in [1.54, 1.807) is 13.4 Å². The topological polar surface area (TPSA) is 58.6 Å². The molecule has 3 aromatic rings. The second-order valence-electron chi connectivity index (χ2n) is 7.50. The van der Waals surface area contributed by atoms with Gasteiger partial charge in [0.1, 0.15) is 5.41 Å². The van der Waals surface area contributed by atoms with Crippen molar-refractivity contribution >= 4 is 23.2 Å². The maximum Gasteiger partial charge on any atom is 0.246 e.